The quantitative estimate of drug-likeness (QED) is 0.282. The predicted molar refractivity (Wildman–Crippen MR) is 115 cm³/mol. The van der Waals surface area contributed by atoms with Crippen molar-refractivity contribution >= 4 is 17.6 Å². The maximum absolute atomic E-state index is 13.2. The molecule has 2 heterocycles. The molecule has 0 amide bonds. The van der Waals surface area contributed by atoms with Crippen LogP contribution in [0.3, 0.4) is 0 Å². The highest BCUT2D eigenvalue weighted by molar-refractivity contribution is 5.99. The van der Waals surface area contributed by atoms with Gasteiger partial charge in [0, 0.05) is 30.1 Å². The molecule has 33 heavy (non-hydrogen) atoms. The number of carboxylic acids is 1. The van der Waals surface area contributed by atoms with Crippen LogP contribution in [0, 0.1) is 21.4 Å². The molecule has 1 saturated heterocycles. The number of allylic oxidation sites excluding steroid dienone is 2. The summed E-state index contributed by atoms with van der Waals surface area (Å²) in [5, 5.41) is 30.3. The molecule has 0 saturated carbocycles. The standard InChI is InChI=1S/C23H25N3O7/c1-14-19(22(27)28)21(16-7-5-8-17(13-16)26(30)31)20(23(29)33-12-6-10-24)15(2)25(14)18-9-3-4-11-32-18/h5,7-8,13,18,21H,3-4,6,9,11-12H2,1-2H3,(H,27,28)/t18?,21-/m0/s1. The molecule has 10 nitrogen and oxygen atoms in total. The first kappa shape index (κ1) is 23.9. The number of carbonyl (C=O) groups is 2. The Labute approximate surface area is 190 Å². The van der Waals surface area contributed by atoms with Gasteiger partial charge in [0.05, 0.1) is 34.5 Å². The molecule has 1 fully saturated rings. The van der Waals surface area contributed by atoms with Crippen molar-refractivity contribution in [3.05, 3.63) is 62.5 Å². The molecular formula is C23H25N3O7. The van der Waals surface area contributed by atoms with Gasteiger partial charge in [-0.15, -0.1) is 0 Å². The van der Waals surface area contributed by atoms with E-state index in [-0.39, 0.29) is 35.4 Å². The van der Waals surface area contributed by atoms with Gasteiger partial charge in [0.25, 0.3) is 5.69 Å². The van der Waals surface area contributed by atoms with Crippen molar-refractivity contribution in [3.8, 4) is 6.07 Å². The van der Waals surface area contributed by atoms with Crippen LogP contribution < -0.4 is 0 Å². The minimum absolute atomic E-state index is 0.0182. The monoisotopic (exact) mass is 455 g/mol. The lowest BCUT2D eigenvalue weighted by molar-refractivity contribution is -0.384. The number of nitrogens with zero attached hydrogens (tertiary/aromatic N) is 3. The fraction of sp³-hybridized carbons (Fsp3) is 0.435. The van der Waals surface area contributed by atoms with Crippen molar-refractivity contribution in [1.29, 1.82) is 5.26 Å². The first-order valence-electron chi connectivity index (χ1n) is 10.6. The molecule has 1 N–H and O–H groups in total. The van der Waals surface area contributed by atoms with E-state index < -0.39 is 29.0 Å². The molecule has 0 bridgehead atoms. The van der Waals surface area contributed by atoms with E-state index in [1.54, 1.807) is 24.8 Å². The molecule has 2 aliphatic heterocycles. The molecule has 174 valence electrons. The lowest BCUT2D eigenvalue weighted by atomic mass is 9.79. The van der Waals surface area contributed by atoms with Crippen LogP contribution in [0.15, 0.2) is 46.8 Å². The maximum atomic E-state index is 13.2. The average Bonchev–Trinajstić information content (AvgIpc) is 2.79. The molecular weight excluding hydrogens is 430 g/mol. The van der Waals surface area contributed by atoms with Gasteiger partial charge < -0.3 is 19.5 Å². The van der Waals surface area contributed by atoms with E-state index in [9.17, 15) is 24.8 Å². The van der Waals surface area contributed by atoms with Gasteiger partial charge in [0.1, 0.15) is 12.8 Å². The Bertz CT molecular complexity index is 1060. The van der Waals surface area contributed by atoms with E-state index in [1.807, 2.05) is 6.07 Å². The van der Waals surface area contributed by atoms with E-state index in [2.05, 4.69) is 0 Å². The second kappa shape index (κ2) is 10.3. The summed E-state index contributed by atoms with van der Waals surface area (Å²) >= 11 is 0. The molecule has 0 radical (unpaired) electrons. The number of esters is 1. The number of hydrogen-bond donors (Lipinski definition) is 1. The minimum atomic E-state index is -1.25. The molecule has 2 aliphatic rings. The number of ether oxygens (including phenoxy) is 2. The van der Waals surface area contributed by atoms with Crippen LogP contribution >= 0.6 is 0 Å². The molecule has 0 aliphatic carbocycles. The molecule has 3 rings (SSSR count). The van der Waals surface area contributed by atoms with Crippen LogP contribution in [0.2, 0.25) is 0 Å². The lowest BCUT2D eigenvalue weighted by Gasteiger charge is -2.42. The number of hydrogen-bond acceptors (Lipinski definition) is 8. The number of nitriles is 1. The fourth-order valence-corrected chi connectivity index (χ4v) is 4.39. The Morgan fingerprint density at radius 2 is 2.03 bits per heavy atom. The number of rotatable bonds is 7. The van der Waals surface area contributed by atoms with E-state index in [0.29, 0.717) is 24.4 Å². The van der Waals surface area contributed by atoms with Crippen LogP contribution in [-0.4, -0.2) is 46.3 Å². The summed E-state index contributed by atoms with van der Waals surface area (Å²) in [5.74, 6) is -3.11. The number of aliphatic carboxylic acids is 1. The van der Waals surface area contributed by atoms with Gasteiger partial charge in [-0.25, -0.2) is 9.59 Å². The van der Waals surface area contributed by atoms with Gasteiger partial charge in [0.15, 0.2) is 0 Å². The average molecular weight is 455 g/mol. The van der Waals surface area contributed by atoms with Crippen molar-refractivity contribution in [3.63, 3.8) is 0 Å². The molecule has 2 atom stereocenters. The van der Waals surface area contributed by atoms with Gasteiger partial charge in [-0.2, -0.15) is 5.26 Å². The second-order valence-electron chi connectivity index (χ2n) is 7.82. The summed E-state index contributed by atoms with van der Waals surface area (Å²) in [6.45, 7) is 3.69. The van der Waals surface area contributed by atoms with E-state index in [0.717, 1.165) is 12.8 Å². The number of nitro groups is 1. The van der Waals surface area contributed by atoms with Crippen LogP contribution in [0.25, 0.3) is 0 Å². The van der Waals surface area contributed by atoms with Crippen molar-refractivity contribution in [2.24, 2.45) is 0 Å². The highest BCUT2D eigenvalue weighted by atomic mass is 16.6. The number of carbonyl (C=O) groups excluding carboxylic acids is 1. The van der Waals surface area contributed by atoms with Crippen molar-refractivity contribution in [2.75, 3.05) is 13.2 Å². The fourth-order valence-electron chi connectivity index (χ4n) is 4.39. The molecule has 10 heteroatoms. The van der Waals surface area contributed by atoms with E-state index in [4.69, 9.17) is 14.7 Å². The number of nitro benzene ring substituents is 1. The van der Waals surface area contributed by atoms with Crippen molar-refractivity contribution in [2.45, 2.75) is 51.7 Å². The summed E-state index contributed by atoms with van der Waals surface area (Å²) in [4.78, 5) is 38.1. The summed E-state index contributed by atoms with van der Waals surface area (Å²) in [6, 6.07) is 7.46. The first-order chi connectivity index (χ1) is 15.8. The molecule has 0 spiro atoms. The Hall–Kier alpha value is -3.71. The third kappa shape index (κ3) is 4.88. The Balaban J connectivity index is 2.20. The molecule has 0 aromatic heterocycles. The number of carboxylic acid groups (broad SMARTS) is 1. The third-order valence-corrected chi connectivity index (χ3v) is 5.83. The van der Waals surface area contributed by atoms with Gasteiger partial charge in [-0.1, -0.05) is 12.1 Å². The summed E-state index contributed by atoms with van der Waals surface area (Å²) in [6.07, 6.45) is 1.97. The van der Waals surface area contributed by atoms with Gasteiger partial charge in [0.2, 0.25) is 0 Å². The van der Waals surface area contributed by atoms with Crippen LogP contribution in [0.1, 0.15) is 51.0 Å². The Morgan fingerprint density at radius 3 is 2.64 bits per heavy atom. The minimum Gasteiger partial charge on any atom is -0.478 e. The largest absolute Gasteiger partial charge is 0.478 e. The highest BCUT2D eigenvalue weighted by Gasteiger charge is 2.42. The van der Waals surface area contributed by atoms with Gasteiger partial charge in [-0.3, -0.25) is 10.1 Å². The van der Waals surface area contributed by atoms with Crippen LogP contribution in [0.4, 0.5) is 5.69 Å². The van der Waals surface area contributed by atoms with Gasteiger partial charge in [-0.05, 0) is 38.7 Å². The lowest BCUT2D eigenvalue weighted by Crippen LogP contribution is -2.43. The smallest absolute Gasteiger partial charge is 0.336 e. The van der Waals surface area contributed by atoms with E-state index in [1.165, 1.54) is 18.2 Å². The SMILES string of the molecule is CC1=C(C(=O)O)[C@H](c2cccc([N+](=O)[O-])c2)C(C(=O)OCCC#N)=C(C)N1C1CCCCO1. The molecule has 1 aromatic carbocycles. The number of benzene rings is 1. The second-order valence-corrected chi connectivity index (χ2v) is 7.82. The van der Waals surface area contributed by atoms with Crippen LogP contribution in [-0.2, 0) is 19.1 Å². The normalized spacial score (nSPS) is 20.9. The summed E-state index contributed by atoms with van der Waals surface area (Å²) in [7, 11) is 0. The Morgan fingerprint density at radius 1 is 1.30 bits per heavy atom. The zero-order valence-corrected chi connectivity index (χ0v) is 18.4. The topological polar surface area (TPSA) is 143 Å². The van der Waals surface area contributed by atoms with Crippen LogP contribution in [0.5, 0.6) is 0 Å². The Kier molecular flexibility index (Phi) is 7.45. The highest BCUT2D eigenvalue weighted by Crippen LogP contribution is 2.44. The zero-order valence-electron chi connectivity index (χ0n) is 18.4. The van der Waals surface area contributed by atoms with Crippen molar-refractivity contribution < 1.29 is 29.1 Å². The predicted octanol–water partition coefficient (Wildman–Crippen LogP) is 3.61. The molecule has 1 unspecified atom stereocenters. The number of non-ortho nitro benzene ring substituents is 1. The maximum Gasteiger partial charge on any atom is 0.336 e. The summed E-state index contributed by atoms with van der Waals surface area (Å²) < 4.78 is 11.2. The van der Waals surface area contributed by atoms with Gasteiger partial charge >= 0.3 is 11.9 Å². The van der Waals surface area contributed by atoms with E-state index >= 15 is 0 Å². The summed E-state index contributed by atoms with van der Waals surface area (Å²) in [5.41, 5.74) is 0.910. The van der Waals surface area contributed by atoms with Crippen molar-refractivity contribution in [1.82, 2.24) is 4.90 Å². The zero-order chi connectivity index (χ0) is 24.1. The third-order valence-electron chi connectivity index (χ3n) is 5.83. The first-order valence-corrected chi connectivity index (χ1v) is 10.6. The molecule has 1 aromatic rings.